The van der Waals surface area contributed by atoms with E-state index in [0.717, 1.165) is 0 Å². The molecule has 1 aromatic carbocycles. The average molecular weight is 384 g/mol. The Balaban J connectivity index is 0.00000288. The Morgan fingerprint density at radius 1 is 1.42 bits per heavy atom. The van der Waals surface area contributed by atoms with Crippen molar-refractivity contribution in [2.45, 2.75) is 13.1 Å². The summed E-state index contributed by atoms with van der Waals surface area (Å²) < 4.78 is 41.8. The first-order chi connectivity index (χ1) is 10.8. The molecule has 1 heterocycles. The topological polar surface area (TPSA) is 63.2 Å². The summed E-state index contributed by atoms with van der Waals surface area (Å²) in [5.74, 6) is -0.287. The Hall–Kier alpha value is -1.58. The summed E-state index contributed by atoms with van der Waals surface area (Å²) in [6.45, 7) is 0.969. The van der Waals surface area contributed by atoms with E-state index < -0.39 is 12.8 Å². The van der Waals surface area contributed by atoms with Crippen molar-refractivity contribution >= 4 is 45.0 Å². The number of benzene rings is 1. The van der Waals surface area contributed by atoms with E-state index in [1.165, 1.54) is 23.5 Å². The van der Waals surface area contributed by atoms with Crippen LogP contribution in [0.1, 0.15) is 6.92 Å². The van der Waals surface area contributed by atoms with Crippen LogP contribution in [-0.2, 0) is 4.79 Å². The zero-order valence-electron chi connectivity index (χ0n) is 12.9. The predicted molar refractivity (Wildman–Crippen MR) is 90.1 cm³/mol. The number of carbonyl (C=O) groups is 1. The second-order valence-corrected chi connectivity index (χ2v) is 6.03. The van der Waals surface area contributed by atoms with Crippen LogP contribution < -0.4 is 15.4 Å². The fraction of sp³-hybridized carbons (Fsp3) is 0.429. The van der Waals surface area contributed by atoms with Crippen LogP contribution in [0.5, 0.6) is 5.75 Å². The van der Waals surface area contributed by atoms with Gasteiger partial charge in [0, 0.05) is 12.5 Å². The van der Waals surface area contributed by atoms with Gasteiger partial charge >= 0.3 is 6.18 Å². The molecule has 24 heavy (non-hydrogen) atoms. The smallest absolute Gasteiger partial charge is 0.422 e. The van der Waals surface area contributed by atoms with Crippen molar-refractivity contribution in [3.63, 3.8) is 0 Å². The lowest BCUT2D eigenvalue weighted by Gasteiger charge is -2.08. The number of ether oxygens (including phenoxy) is 1. The molecule has 0 aliphatic heterocycles. The molecule has 0 radical (unpaired) electrons. The molecule has 0 aliphatic rings. The number of nitrogens with zero attached hydrogens (tertiary/aromatic N) is 1. The van der Waals surface area contributed by atoms with E-state index in [2.05, 4.69) is 15.6 Å². The van der Waals surface area contributed by atoms with Gasteiger partial charge in [-0.25, -0.2) is 4.98 Å². The minimum Gasteiger partial charge on any atom is -0.484 e. The number of amides is 1. The molecule has 0 bridgehead atoms. The second kappa shape index (κ2) is 8.50. The molecule has 1 aromatic heterocycles. The lowest BCUT2D eigenvalue weighted by atomic mass is 10.2. The number of nitrogens with one attached hydrogen (secondary N) is 2. The number of aromatic nitrogens is 1. The Morgan fingerprint density at radius 2 is 2.12 bits per heavy atom. The zero-order chi connectivity index (χ0) is 17.0. The standard InChI is InChI=1S/C14H16F3N3O2S.ClH/c1-8(6-18-2)12(21)20-13-19-10-4-3-9(5-11(10)23-13)22-7-14(15,16)17;/h3-5,8,18H,6-7H2,1-2H3,(H,19,20,21);1H. The third kappa shape index (κ3) is 5.81. The molecule has 1 atom stereocenters. The molecule has 10 heteroatoms. The van der Waals surface area contributed by atoms with Gasteiger partial charge in [-0.15, -0.1) is 12.4 Å². The van der Waals surface area contributed by atoms with Gasteiger partial charge in [-0.2, -0.15) is 13.2 Å². The number of rotatable bonds is 6. The number of carbonyl (C=O) groups excluding carboxylic acids is 1. The molecule has 0 fully saturated rings. The second-order valence-electron chi connectivity index (χ2n) is 5.00. The highest BCUT2D eigenvalue weighted by atomic mass is 35.5. The van der Waals surface area contributed by atoms with Crippen molar-refractivity contribution in [3.05, 3.63) is 18.2 Å². The van der Waals surface area contributed by atoms with Crippen molar-refractivity contribution in [2.24, 2.45) is 5.92 Å². The van der Waals surface area contributed by atoms with Gasteiger partial charge in [-0.05, 0) is 25.2 Å². The van der Waals surface area contributed by atoms with Crippen molar-refractivity contribution in [2.75, 3.05) is 25.5 Å². The number of halogens is 4. The number of thiazole rings is 1. The summed E-state index contributed by atoms with van der Waals surface area (Å²) in [5, 5.41) is 6.01. The molecule has 0 spiro atoms. The molecule has 0 saturated heterocycles. The lowest BCUT2D eigenvalue weighted by Crippen LogP contribution is -2.28. The number of anilines is 1. The van der Waals surface area contributed by atoms with Crippen LogP contribution in [0.15, 0.2) is 18.2 Å². The van der Waals surface area contributed by atoms with Crippen molar-refractivity contribution in [1.82, 2.24) is 10.3 Å². The van der Waals surface area contributed by atoms with E-state index in [9.17, 15) is 18.0 Å². The van der Waals surface area contributed by atoms with Crippen LogP contribution in [0, 0.1) is 5.92 Å². The normalized spacial score (nSPS) is 12.5. The molecular weight excluding hydrogens is 367 g/mol. The number of hydrogen-bond donors (Lipinski definition) is 2. The zero-order valence-corrected chi connectivity index (χ0v) is 14.6. The summed E-state index contributed by atoms with van der Waals surface area (Å²) in [4.78, 5) is 16.2. The number of alkyl halides is 3. The molecule has 0 saturated carbocycles. The van der Waals surface area contributed by atoms with E-state index in [1.54, 1.807) is 20.0 Å². The molecule has 2 rings (SSSR count). The lowest BCUT2D eigenvalue weighted by molar-refractivity contribution is -0.153. The Kier molecular flexibility index (Phi) is 7.25. The summed E-state index contributed by atoms with van der Waals surface area (Å²) in [6.07, 6.45) is -4.38. The molecule has 2 N–H and O–H groups in total. The minimum atomic E-state index is -4.38. The van der Waals surface area contributed by atoms with Gasteiger partial charge in [0.2, 0.25) is 5.91 Å². The highest BCUT2D eigenvalue weighted by Crippen LogP contribution is 2.30. The minimum absolute atomic E-state index is 0. The van der Waals surface area contributed by atoms with Gasteiger partial charge in [0.25, 0.3) is 0 Å². The van der Waals surface area contributed by atoms with Crippen LogP contribution in [0.3, 0.4) is 0 Å². The monoisotopic (exact) mass is 383 g/mol. The van der Waals surface area contributed by atoms with Gasteiger partial charge in [0.05, 0.1) is 10.2 Å². The maximum Gasteiger partial charge on any atom is 0.422 e. The van der Waals surface area contributed by atoms with Crippen LogP contribution in [0.25, 0.3) is 10.2 Å². The SMILES string of the molecule is CNCC(C)C(=O)Nc1nc2ccc(OCC(F)(F)F)cc2s1.Cl. The summed E-state index contributed by atoms with van der Waals surface area (Å²) in [5.41, 5.74) is 0.589. The predicted octanol–water partition coefficient (Wildman–Crippen LogP) is 3.45. The molecule has 0 aliphatic carbocycles. The summed E-state index contributed by atoms with van der Waals surface area (Å²) in [7, 11) is 1.75. The Bertz CT molecular complexity index is 693. The van der Waals surface area contributed by atoms with E-state index in [4.69, 9.17) is 4.74 Å². The highest BCUT2D eigenvalue weighted by Gasteiger charge is 2.28. The third-order valence-corrected chi connectivity index (χ3v) is 3.88. The van der Waals surface area contributed by atoms with Crippen LogP contribution >= 0.6 is 23.7 Å². The van der Waals surface area contributed by atoms with Gasteiger partial charge in [-0.3, -0.25) is 4.79 Å². The van der Waals surface area contributed by atoms with E-state index in [1.807, 2.05) is 0 Å². The summed E-state index contributed by atoms with van der Waals surface area (Å²) >= 11 is 1.18. The van der Waals surface area contributed by atoms with Crippen LogP contribution in [-0.4, -0.2) is 37.3 Å². The van der Waals surface area contributed by atoms with E-state index in [-0.39, 0.29) is 30.0 Å². The van der Waals surface area contributed by atoms with Crippen LogP contribution in [0.4, 0.5) is 18.3 Å². The quantitative estimate of drug-likeness (QED) is 0.802. The van der Waals surface area contributed by atoms with Crippen molar-refractivity contribution in [3.8, 4) is 5.75 Å². The van der Waals surface area contributed by atoms with Crippen LogP contribution in [0.2, 0.25) is 0 Å². The van der Waals surface area contributed by atoms with Gasteiger partial charge in [0.15, 0.2) is 11.7 Å². The van der Waals surface area contributed by atoms with Crippen molar-refractivity contribution in [1.29, 1.82) is 0 Å². The molecule has 134 valence electrons. The van der Waals surface area contributed by atoms with Gasteiger partial charge < -0.3 is 15.4 Å². The maximum absolute atomic E-state index is 12.2. The van der Waals surface area contributed by atoms with E-state index in [0.29, 0.717) is 21.9 Å². The van der Waals surface area contributed by atoms with Gasteiger partial charge in [0.1, 0.15) is 5.75 Å². The molecule has 2 aromatic rings. The Morgan fingerprint density at radius 3 is 2.75 bits per heavy atom. The van der Waals surface area contributed by atoms with E-state index >= 15 is 0 Å². The largest absolute Gasteiger partial charge is 0.484 e. The summed E-state index contributed by atoms with van der Waals surface area (Å²) in [6, 6.07) is 4.46. The van der Waals surface area contributed by atoms with Crippen molar-refractivity contribution < 1.29 is 22.7 Å². The number of fused-ring (bicyclic) bond motifs is 1. The Labute approximate surface area is 147 Å². The molecule has 5 nitrogen and oxygen atoms in total. The first-order valence-electron chi connectivity index (χ1n) is 6.84. The third-order valence-electron chi connectivity index (χ3n) is 2.95. The first-order valence-corrected chi connectivity index (χ1v) is 7.66. The fourth-order valence-corrected chi connectivity index (χ4v) is 2.74. The molecular formula is C14H17ClF3N3O2S. The first kappa shape index (κ1) is 20.5. The highest BCUT2D eigenvalue weighted by molar-refractivity contribution is 7.22. The molecule has 1 unspecified atom stereocenters. The number of hydrogen-bond acceptors (Lipinski definition) is 5. The van der Waals surface area contributed by atoms with Gasteiger partial charge in [-0.1, -0.05) is 18.3 Å². The molecule has 1 amide bonds. The fourth-order valence-electron chi connectivity index (χ4n) is 1.84. The maximum atomic E-state index is 12.2. The average Bonchev–Trinajstić information content (AvgIpc) is 2.85.